The fourth-order valence-corrected chi connectivity index (χ4v) is 9.00. The highest BCUT2D eigenvalue weighted by Crippen LogP contribution is 2.46. The van der Waals surface area contributed by atoms with Crippen LogP contribution < -0.4 is 20.1 Å². The number of hydrogen-bond donors (Lipinski definition) is 3. The number of sulfonamides is 1. The van der Waals surface area contributed by atoms with Crippen LogP contribution in [0, 0.1) is 32.5 Å². The molecule has 2 saturated carbocycles. The Hall–Kier alpha value is -4.45. The molecule has 1 saturated heterocycles. The van der Waals surface area contributed by atoms with Crippen molar-refractivity contribution < 1.29 is 41.2 Å². The minimum absolute atomic E-state index is 0.0373. The summed E-state index contributed by atoms with van der Waals surface area (Å²) in [4.78, 5) is 66.4. The molecule has 4 aliphatic rings. The number of benzene rings is 1. The number of amides is 4. The summed E-state index contributed by atoms with van der Waals surface area (Å²) in [5, 5.41) is 8.87. The lowest BCUT2D eigenvalue weighted by Gasteiger charge is -2.29. The van der Waals surface area contributed by atoms with E-state index in [0.29, 0.717) is 52.7 Å². The molecule has 7 rings (SSSR count). The van der Waals surface area contributed by atoms with Crippen LogP contribution in [0.25, 0.3) is 11.0 Å². The van der Waals surface area contributed by atoms with Crippen molar-refractivity contribution in [2.45, 2.75) is 108 Å². The average molecular weight is 831 g/mol. The van der Waals surface area contributed by atoms with Gasteiger partial charge in [0.15, 0.2) is 5.69 Å². The molecule has 3 fully saturated rings. The van der Waals surface area contributed by atoms with Crippen molar-refractivity contribution in [1.82, 2.24) is 35.4 Å². The predicted octanol–water partition coefficient (Wildman–Crippen LogP) is 3.60. The second kappa shape index (κ2) is 14.7. The van der Waals surface area contributed by atoms with Crippen LogP contribution in [0.4, 0.5) is 4.39 Å². The van der Waals surface area contributed by atoms with E-state index in [0.717, 1.165) is 12.8 Å². The van der Waals surface area contributed by atoms with Gasteiger partial charge in [0.1, 0.15) is 46.5 Å². The van der Waals surface area contributed by atoms with E-state index in [1.54, 1.807) is 20.8 Å². The van der Waals surface area contributed by atoms with Gasteiger partial charge in [-0.15, -0.1) is 0 Å². The van der Waals surface area contributed by atoms with Gasteiger partial charge in [0, 0.05) is 28.4 Å². The number of allylic oxidation sites excluding steroid dienone is 1. The normalized spacial score (nSPS) is 26.3. The first-order valence-corrected chi connectivity index (χ1v) is 20.4. The van der Waals surface area contributed by atoms with E-state index < -0.39 is 74.4 Å². The smallest absolute Gasteiger partial charge is 0.274 e. The van der Waals surface area contributed by atoms with Gasteiger partial charge in [0.25, 0.3) is 11.8 Å². The number of halogens is 2. The monoisotopic (exact) mass is 829 g/mol. The van der Waals surface area contributed by atoms with Crippen molar-refractivity contribution in [2.24, 2.45) is 5.92 Å². The molecule has 4 heterocycles. The van der Waals surface area contributed by atoms with Crippen molar-refractivity contribution in [3.05, 3.63) is 57.3 Å². The molecule has 2 aromatic heterocycles. The molecule has 18 heteroatoms. The molecule has 2 aliphatic carbocycles. The highest BCUT2D eigenvalue weighted by Gasteiger charge is 2.62. The first kappa shape index (κ1) is 37.8. The molecule has 2 aliphatic heterocycles. The van der Waals surface area contributed by atoms with E-state index in [9.17, 15) is 32.0 Å². The standard InChI is InChI=1S/C36H41BrFN7O8S/c1-18-20(3)53-43-29(18)32(47)40-26-10-8-6-4-5-7-9-21-16-36(21,35(49)44-54(50,51)24-11-12-24)42-31(46)28-15-23(17-45(28)34(26)48)52-33-19(2)39-30-25(37)13-22(38)14-27(30)41-33/h7,9,13-14,21,23-24,26,28H,4-6,8,10-12,15-17H2,1-3H3,(H,40,47)(H,42,46)(H,44,49)/t21-,23-,26+,28+,36-/m1/s1. The lowest BCUT2D eigenvalue weighted by atomic mass is 10.0. The first-order chi connectivity index (χ1) is 25.7. The number of nitrogens with zero attached hydrogens (tertiary/aromatic N) is 4. The molecule has 288 valence electrons. The third-order valence-electron chi connectivity index (χ3n) is 10.6. The number of aryl methyl sites for hydroxylation is 2. The van der Waals surface area contributed by atoms with Crippen LogP contribution in [0.2, 0.25) is 0 Å². The number of hydrogen-bond acceptors (Lipinski definition) is 11. The van der Waals surface area contributed by atoms with Gasteiger partial charge in [-0.1, -0.05) is 30.2 Å². The number of rotatable bonds is 7. The highest BCUT2D eigenvalue weighted by molar-refractivity contribution is 9.10. The Labute approximate surface area is 319 Å². The lowest BCUT2D eigenvalue weighted by Crippen LogP contribution is -2.58. The summed E-state index contributed by atoms with van der Waals surface area (Å²) in [7, 11) is -3.92. The fraction of sp³-hybridized carbons (Fsp3) is 0.528. The zero-order valence-corrected chi connectivity index (χ0v) is 32.4. The number of nitrogens with one attached hydrogen (secondary N) is 3. The minimum atomic E-state index is -3.92. The lowest BCUT2D eigenvalue weighted by molar-refractivity contribution is -0.141. The first-order valence-electron chi connectivity index (χ1n) is 18.1. The Morgan fingerprint density at radius 2 is 1.89 bits per heavy atom. The Balaban J connectivity index is 1.20. The molecule has 0 unspecified atom stereocenters. The molecule has 5 atom stereocenters. The van der Waals surface area contributed by atoms with Gasteiger partial charge < -0.3 is 24.8 Å². The van der Waals surface area contributed by atoms with Crippen LogP contribution in [-0.2, 0) is 24.4 Å². The number of carbonyl (C=O) groups is 4. The second-order valence-corrected chi connectivity index (χ2v) is 17.4. The SMILES string of the molecule is Cc1nc2c(Br)cc(F)cc2nc1O[C@@H]1C[C@H]2C(=O)N[C@]3(C(=O)NS(=O)(=O)C4CC4)C[C@H]3C=CCCCCC[C@H](NC(=O)c3noc(C)c3C)C(=O)N2C1. The Morgan fingerprint density at radius 3 is 2.61 bits per heavy atom. The summed E-state index contributed by atoms with van der Waals surface area (Å²) < 4.78 is 54.0. The minimum Gasteiger partial charge on any atom is -0.471 e. The summed E-state index contributed by atoms with van der Waals surface area (Å²) in [6.45, 7) is 4.93. The van der Waals surface area contributed by atoms with Gasteiger partial charge in [-0.3, -0.25) is 23.9 Å². The summed E-state index contributed by atoms with van der Waals surface area (Å²) in [5.41, 5.74) is 0.0653. The number of ether oxygens (including phenoxy) is 1. The van der Waals surface area contributed by atoms with Crippen LogP contribution >= 0.6 is 15.9 Å². The van der Waals surface area contributed by atoms with Gasteiger partial charge >= 0.3 is 0 Å². The summed E-state index contributed by atoms with van der Waals surface area (Å²) in [6.07, 6.45) is 6.99. The Kier molecular flexibility index (Phi) is 10.3. The maximum Gasteiger partial charge on any atom is 0.274 e. The van der Waals surface area contributed by atoms with Crippen LogP contribution in [0.1, 0.15) is 85.3 Å². The zero-order chi connectivity index (χ0) is 38.5. The van der Waals surface area contributed by atoms with Crippen LogP contribution in [0.5, 0.6) is 5.88 Å². The number of fused-ring (bicyclic) bond motifs is 3. The Morgan fingerprint density at radius 1 is 1.11 bits per heavy atom. The van der Waals surface area contributed by atoms with Crippen molar-refractivity contribution in [3.63, 3.8) is 0 Å². The Bertz CT molecular complexity index is 2180. The van der Waals surface area contributed by atoms with E-state index >= 15 is 0 Å². The van der Waals surface area contributed by atoms with E-state index in [2.05, 4.69) is 46.4 Å². The summed E-state index contributed by atoms with van der Waals surface area (Å²) >= 11 is 3.32. The second-order valence-electron chi connectivity index (χ2n) is 14.6. The van der Waals surface area contributed by atoms with E-state index in [-0.39, 0.29) is 42.9 Å². The van der Waals surface area contributed by atoms with E-state index in [1.807, 2.05) is 12.2 Å². The van der Waals surface area contributed by atoms with Crippen molar-refractivity contribution in [1.29, 1.82) is 0 Å². The summed E-state index contributed by atoms with van der Waals surface area (Å²) in [5.74, 6) is -3.12. The van der Waals surface area contributed by atoms with Crippen LogP contribution in [-0.4, -0.2) is 87.6 Å². The molecule has 4 amide bonds. The molecule has 3 N–H and O–H groups in total. The van der Waals surface area contributed by atoms with Gasteiger partial charge in [-0.2, -0.15) is 0 Å². The predicted molar refractivity (Wildman–Crippen MR) is 195 cm³/mol. The van der Waals surface area contributed by atoms with Gasteiger partial charge in [0.2, 0.25) is 27.7 Å². The summed E-state index contributed by atoms with van der Waals surface area (Å²) in [6, 6.07) is 0.256. The maximum absolute atomic E-state index is 14.5. The number of aromatic nitrogens is 3. The topological polar surface area (TPSA) is 203 Å². The molecule has 15 nitrogen and oxygen atoms in total. The fourth-order valence-electron chi connectivity index (χ4n) is 7.13. The third-order valence-corrected chi connectivity index (χ3v) is 13.0. The number of carbonyl (C=O) groups excluding carboxylic acids is 4. The van der Waals surface area contributed by atoms with E-state index in [1.165, 1.54) is 17.0 Å². The molecule has 54 heavy (non-hydrogen) atoms. The molecule has 0 bridgehead atoms. The molecule has 0 spiro atoms. The average Bonchev–Trinajstić information content (AvgIpc) is 4.02. The molecule has 3 aromatic rings. The highest BCUT2D eigenvalue weighted by atomic mass is 79.9. The van der Waals surface area contributed by atoms with Gasteiger partial charge in [0.05, 0.1) is 17.3 Å². The third kappa shape index (κ3) is 7.59. The van der Waals surface area contributed by atoms with Crippen LogP contribution in [0.15, 0.2) is 33.3 Å². The molecular weight excluding hydrogens is 789 g/mol. The quantitative estimate of drug-likeness (QED) is 0.294. The maximum atomic E-state index is 14.5. The molecule has 0 radical (unpaired) electrons. The molecule has 1 aromatic carbocycles. The van der Waals surface area contributed by atoms with E-state index in [4.69, 9.17) is 9.26 Å². The zero-order valence-electron chi connectivity index (χ0n) is 30.0. The van der Waals surface area contributed by atoms with Crippen LogP contribution in [0.3, 0.4) is 0 Å². The van der Waals surface area contributed by atoms with Crippen molar-refractivity contribution in [3.8, 4) is 5.88 Å². The van der Waals surface area contributed by atoms with Crippen molar-refractivity contribution in [2.75, 3.05) is 6.54 Å². The largest absolute Gasteiger partial charge is 0.471 e. The van der Waals surface area contributed by atoms with Crippen molar-refractivity contribution >= 4 is 60.6 Å². The van der Waals surface area contributed by atoms with Gasteiger partial charge in [-0.25, -0.2) is 22.8 Å². The van der Waals surface area contributed by atoms with Gasteiger partial charge in [-0.05, 0) is 81.3 Å². The molecular formula is C36H41BrFN7O8S.